The summed E-state index contributed by atoms with van der Waals surface area (Å²) in [5.74, 6) is 0. The molecule has 62 valence electrons. The van der Waals surface area contributed by atoms with Crippen molar-refractivity contribution in [3.63, 3.8) is 0 Å². The number of fused-ring (bicyclic) bond motifs is 1. The quantitative estimate of drug-likeness (QED) is 0.697. The number of aryl methyl sites for hydroxylation is 1. The zero-order valence-corrected chi connectivity index (χ0v) is 8.72. The van der Waals surface area contributed by atoms with E-state index in [2.05, 4.69) is 20.9 Å². The molecule has 2 nitrogen and oxygen atoms in total. The van der Waals surface area contributed by atoms with Crippen LogP contribution in [0.4, 0.5) is 0 Å². The van der Waals surface area contributed by atoms with Gasteiger partial charge < -0.3 is 0 Å². The standard InChI is InChI=1S/C8H6BrClN2/c1-5-8(9)12-3-2-6(10)4-7(12)11-5/h2-4H,1H3. The molecule has 2 heterocycles. The van der Waals surface area contributed by atoms with Crippen LogP contribution < -0.4 is 0 Å². The molecule has 2 aromatic heterocycles. The number of halogens is 2. The van der Waals surface area contributed by atoms with Crippen molar-refractivity contribution in [2.45, 2.75) is 6.92 Å². The summed E-state index contributed by atoms with van der Waals surface area (Å²) in [6, 6.07) is 3.67. The maximum Gasteiger partial charge on any atom is 0.139 e. The van der Waals surface area contributed by atoms with Crippen molar-refractivity contribution in [1.82, 2.24) is 9.38 Å². The van der Waals surface area contributed by atoms with Crippen LogP contribution in [0, 0.1) is 6.92 Å². The van der Waals surface area contributed by atoms with Gasteiger partial charge in [-0.25, -0.2) is 4.98 Å². The minimum absolute atomic E-state index is 0.708. The van der Waals surface area contributed by atoms with Gasteiger partial charge >= 0.3 is 0 Å². The Bertz CT molecular complexity index is 436. The maximum absolute atomic E-state index is 5.81. The number of rotatable bonds is 0. The Morgan fingerprint density at radius 3 is 3.08 bits per heavy atom. The van der Waals surface area contributed by atoms with Crippen LogP contribution in [0.2, 0.25) is 5.02 Å². The molecular formula is C8H6BrClN2. The molecule has 0 atom stereocenters. The molecule has 0 spiro atoms. The summed E-state index contributed by atoms with van der Waals surface area (Å²) < 4.78 is 2.93. The van der Waals surface area contributed by atoms with E-state index in [0.717, 1.165) is 15.9 Å². The number of nitrogens with zero attached hydrogens (tertiary/aromatic N) is 2. The SMILES string of the molecule is Cc1nc2cc(Cl)ccn2c1Br. The Kier molecular flexibility index (Phi) is 1.85. The summed E-state index contributed by atoms with van der Waals surface area (Å²) in [5.41, 5.74) is 1.84. The molecule has 0 bridgehead atoms. The van der Waals surface area contributed by atoms with E-state index in [1.54, 1.807) is 0 Å². The molecule has 0 aliphatic rings. The molecule has 0 aromatic carbocycles. The van der Waals surface area contributed by atoms with Crippen LogP contribution in [0.25, 0.3) is 5.65 Å². The maximum atomic E-state index is 5.81. The number of imidazole rings is 1. The van der Waals surface area contributed by atoms with Crippen molar-refractivity contribution in [2.75, 3.05) is 0 Å². The monoisotopic (exact) mass is 244 g/mol. The summed E-state index contributed by atoms with van der Waals surface area (Å²) in [4.78, 5) is 4.31. The first-order valence-electron chi connectivity index (χ1n) is 3.48. The fourth-order valence-corrected chi connectivity index (χ4v) is 1.65. The summed E-state index contributed by atoms with van der Waals surface area (Å²) in [6.45, 7) is 1.95. The molecule has 0 N–H and O–H groups in total. The minimum atomic E-state index is 0.708. The third-order valence-corrected chi connectivity index (χ3v) is 2.88. The largest absolute Gasteiger partial charge is 0.294 e. The number of hydrogen-bond acceptors (Lipinski definition) is 1. The second-order valence-electron chi connectivity index (χ2n) is 2.56. The highest BCUT2D eigenvalue weighted by Crippen LogP contribution is 2.20. The lowest BCUT2D eigenvalue weighted by Gasteiger charge is -1.94. The van der Waals surface area contributed by atoms with Crippen molar-refractivity contribution in [2.24, 2.45) is 0 Å². The van der Waals surface area contributed by atoms with Gasteiger partial charge in [0.05, 0.1) is 5.69 Å². The van der Waals surface area contributed by atoms with E-state index in [0.29, 0.717) is 5.02 Å². The molecule has 0 saturated carbocycles. The molecule has 2 rings (SSSR count). The average molecular weight is 246 g/mol. The van der Waals surface area contributed by atoms with Crippen molar-refractivity contribution in [3.05, 3.63) is 33.6 Å². The summed E-state index contributed by atoms with van der Waals surface area (Å²) in [7, 11) is 0. The van der Waals surface area contributed by atoms with E-state index in [-0.39, 0.29) is 0 Å². The summed E-state index contributed by atoms with van der Waals surface area (Å²) in [5, 5.41) is 0.708. The molecule has 0 fully saturated rings. The first kappa shape index (κ1) is 8.08. The average Bonchev–Trinajstić information content (AvgIpc) is 2.28. The van der Waals surface area contributed by atoms with E-state index < -0.39 is 0 Å². The number of aromatic nitrogens is 2. The normalized spacial score (nSPS) is 10.9. The van der Waals surface area contributed by atoms with Gasteiger partial charge in [-0.15, -0.1) is 0 Å². The number of pyridine rings is 1. The molecule has 0 radical (unpaired) electrons. The second kappa shape index (κ2) is 2.75. The van der Waals surface area contributed by atoms with Gasteiger partial charge in [0.25, 0.3) is 0 Å². The molecule has 0 saturated heterocycles. The smallest absolute Gasteiger partial charge is 0.139 e. The van der Waals surface area contributed by atoms with E-state index in [4.69, 9.17) is 11.6 Å². The van der Waals surface area contributed by atoms with Gasteiger partial charge in [0.2, 0.25) is 0 Å². The van der Waals surface area contributed by atoms with Crippen molar-refractivity contribution < 1.29 is 0 Å². The van der Waals surface area contributed by atoms with Gasteiger partial charge in [-0.1, -0.05) is 11.6 Å². The van der Waals surface area contributed by atoms with Gasteiger partial charge in [0.15, 0.2) is 0 Å². The van der Waals surface area contributed by atoms with Crippen LogP contribution in [0.5, 0.6) is 0 Å². The minimum Gasteiger partial charge on any atom is -0.294 e. The Labute approximate surface area is 83.3 Å². The van der Waals surface area contributed by atoms with Crippen LogP contribution in [-0.4, -0.2) is 9.38 Å². The third kappa shape index (κ3) is 1.13. The van der Waals surface area contributed by atoms with Crippen LogP contribution in [-0.2, 0) is 0 Å². The molecular weight excluding hydrogens is 239 g/mol. The van der Waals surface area contributed by atoms with Crippen LogP contribution in [0.1, 0.15) is 5.69 Å². The topological polar surface area (TPSA) is 17.3 Å². The fraction of sp³-hybridized carbons (Fsp3) is 0.125. The van der Waals surface area contributed by atoms with Crippen molar-refractivity contribution in [3.8, 4) is 0 Å². The Hall–Kier alpha value is -0.540. The van der Waals surface area contributed by atoms with Crippen LogP contribution in [0.3, 0.4) is 0 Å². The highest BCUT2D eigenvalue weighted by molar-refractivity contribution is 9.10. The van der Waals surface area contributed by atoms with Gasteiger partial charge in [-0.3, -0.25) is 4.40 Å². The zero-order valence-electron chi connectivity index (χ0n) is 6.38. The van der Waals surface area contributed by atoms with E-state index in [1.165, 1.54) is 0 Å². The lowest BCUT2D eigenvalue weighted by Crippen LogP contribution is -1.82. The molecule has 0 amide bonds. The Morgan fingerprint density at radius 2 is 2.33 bits per heavy atom. The van der Waals surface area contributed by atoms with Crippen LogP contribution in [0.15, 0.2) is 22.9 Å². The van der Waals surface area contributed by atoms with Gasteiger partial charge in [0, 0.05) is 17.3 Å². The molecule has 0 aliphatic heterocycles. The predicted octanol–water partition coefficient (Wildman–Crippen LogP) is 3.06. The molecule has 0 aliphatic carbocycles. The number of hydrogen-bond donors (Lipinski definition) is 0. The van der Waals surface area contributed by atoms with Gasteiger partial charge in [0.1, 0.15) is 10.3 Å². The van der Waals surface area contributed by atoms with Gasteiger partial charge in [-0.05, 0) is 28.9 Å². The van der Waals surface area contributed by atoms with E-state index in [9.17, 15) is 0 Å². The lowest BCUT2D eigenvalue weighted by molar-refractivity contribution is 1.15. The third-order valence-electron chi connectivity index (χ3n) is 1.69. The van der Waals surface area contributed by atoms with Crippen molar-refractivity contribution in [1.29, 1.82) is 0 Å². The molecule has 2 aromatic rings. The van der Waals surface area contributed by atoms with Crippen molar-refractivity contribution >= 4 is 33.2 Å². The molecule has 4 heteroatoms. The highest BCUT2D eigenvalue weighted by Gasteiger charge is 2.04. The van der Waals surface area contributed by atoms with E-state index >= 15 is 0 Å². The van der Waals surface area contributed by atoms with E-state index in [1.807, 2.05) is 29.7 Å². The highest BCUT2D eigenvalue weighted by atomic mass is 79.9. The zero-order chi connectivity index (χ0) is 8.72. The fourth-order valence-electron chi connectivity index (χ4n) is 1.11. The van der Waals surface area contributed by atoms with Crippen LogP contribution >= 0.6 is 27.5 Å². The molecule has 0 unspecified atom stereocenters. The summed E-state index contributed by atoms with van der Waals surface area (Å²) >= 11 is 9.24. The second-order valence-corrected chi connectivity index (χ2v) is 3.75. The first-order valence-corrected chi connectivity index (χ1v) is 4.65. The first-order chi connectivity index (χ1) is 5.68. The summed E-state index contributed by atoms with van der Waals surface area (Å²) in [6.07, 6.45) is 1.89. The Morgan fingerprint density at radius 1 is 1.58 bits per heavy atom. The molecule has 12 heavy (non-hydrogen) atoms. The lowest BCUT2D eigenvalue weighted by atomic mass is 10.5. The Balaban J connectivity index is 2.87. The van der Waals surface area contributed by atoms with Gasteiger partial charge in [-0.2, -0.15) is 0 Å². The predicted molar refractivity (Wildman–Crippen MR) is 52.6 cm³/mol.